The van der Waals surface area contributed by atoms with E-state index in [-0.39, 0.29) is 28.9 Å². The molecular formula is C22H15FN2O3S. The van der Waals surface area contributed by atoms with E-state index in [0.717, 1.165) is 16.3 Å². The summed E-state index contributed by atoms with van der Waals surface area (Å²) < 4.78 is 13.2. The molecule has 0 amide bonds. The summed E-state index contributed by atoms with van der Waals surface area (Å²) in [6, 6.07) is 17.6. The monoisotopic (exact) mass is 406 g/mol. The number of hydrogen-bond donors (Lipinski definition) is 2. The van der Waals surface area contributed by atoms with Gasteiger partial charge in [-0.05, 0) is 42.5 Å². The number of aromatic nitrogens is 2. The number of carbonyl (C=O) groups is 1. The van der Waals surface area contributed by atoms with Crippen molar-refractivity contribution in [2.75, 3.05) is 5.75 Å². The van der Waals surface area contributed by atoms with E-state index in [2.05, 4.69) is 10.2 Å². The molecule has 0 aliphatic rings. The lowest BCUT2D eigenvalue weighted by Crippen LogP contribution is -2.03. The normalized spacial score (nSPS) is 10.9. The van der Waals surface area contributed by atoms with Crippen LogP contribution in [0, 0.1) is 5.82 Å². The Balaban J connectivity index is 1.63. The molecule has 0 saturated heterocycles. The van der Waals surface area contributed by atoms with Crippen molar-refractivity contribution >= 4 is 28.3 Å². The minimum Gasteiger partial charge on any atom is -0.504 e. The van der Waals surface area contributed by atoms with Crippen LogP contribution in [0.1, 0.15) is 10.4 Å². The number of halogens is 1. The van der Waals surface area contributed by atoms with Gasteiger partial charge in [0.05, 0.1) is 5.75 Å². The van der Waals surface area contributed by atoms with Crippen molar-refractivity contribution in [2.24, 2.45) is 0 Å². The summed E-state index contributed by atoms with van der Waals surface area (Å²) in [6.07, 6.45) is 0. The van der Waals surface area contributed by atoms with Crippen molar-refractivity contribution in [2.45, 2.75) is 5.03 Å². The number of fused-ring (bicyclic) bond motifs is 1. The zero-order valence-corrected chi connectivity index (χ0v) is 15.9. The van der Waals surface area contributed by atoms with Gasteiger partial charge in [0.15, 0.2) is 17.3 Å². The summed E-state index contributed by atoms with van der Waals surface area (Å²) in [5, 5.41) is 29.8. The highest BCUT2D eigenvalue weighted by molar-refractivity contribution is 8.00. The molecule has 4 aromatic rings. The van der Waals surface area contributed by atoms with Crippen LogP contribution in [0.3, 0.4) is 0 Å². The Morgan fingerprint density at radius 3 is 2.34 bits per heavy atom. The number of carbonyl (C=O) groups excluding carboxylic acids is 1. The van der Waals surface area contributed by atoms with E-state index in [1.165, 1.54) is 42.1 Å². The molecule has 144 valence electrons. The van der Waals surface area contributed by atoms with Crippen molar-refractivity contribution in [3.8, 4) is 22.8 Å². The molecule has 0 aliphatic carbocycles. The van der Waals surface area contributed by atoms with Crippen LogP contribution < -0.4 is 0 Å². The number of aromatic hydroxyl groups is 2. The first kappa shape index (κ1) is 18.9. The van der Waals surface area contributed by atoms with Crippen LogP contribution in [0.25, 0.3) is 22.0 Å². The molecule has 1 aromatic heterocycles. The number of phenols is 2. The lowest BCUT2D eigenvalue weighted by molar-refractivity contribution is 0.102. The fourth-order valence-corrected chi connectivity index (χ4v) is 3.79. The quantitative estimate of drug-likeness (QED) is 0.281. The van der Waals surface area contributed by atoms with Crippen LogP contribution in [0.5, 0.6) is 11.5 Å². The van der Waals surface area contributed by atoms with Crippen LogP contribution in [-0.4, -0.2) is 31.9 Å². The third kappa shape index (κ3) is 3.90. The first-order valence-corrected chi connectivity index (χ1v) is 9.71. The number of phenolic OH excluding ortho intramolecular Hbond substituents is 2. The largest absolute Gasteiger partial charge is 0.504 e. The van der Waals surface area contributed by atoms with Gasteiger partial charge in [0.1, 0.15) is 16.5 Å². The lowest BCUT2D eigenvalue weighted by atomic mass is 10.1. The molecular weight excluding hydrogens is 391 g/mol. The van der Waals surface area contributed by atoms with Gasteiger partial charge in [-0.2, -0.15) is 0 Å². The van der Waals surface area contributed by atoms with Crippen LogP contribution in [0.4, 0.5) is 4.39 Å². The van der Waals surface area contributed by atoms with E-state index in [0.29, 0.717) is 16.3 Å². The summed E-state index contributed by atoms with van der Waals surface area (Å²) in [7, 11) is 0. The number of thioether (sulfide) groups is 1. The van der Waals surface area contributed by atoms with E-state index in [4.69, 9.17) is 0 Å². The zero-order chi connectivity index (χ0) is 20.4. The molecule has 0 radical (unpaired) electrons. The second-order valence-corrected chi connectivity index (χ2v) is 7.29. The molecule has 4 rings (SSSR count). The van der Waals surface area contributed by atoms with Gasteiger partial charge in [-0.25, -0.2) is 4.39 Å². The Morgan fingerprint density at radius 2 is 1.62 bits per heavy atom. The van der Waals surface area contributed by atoms with E-state index in [1.54, 1.807) is 12.1 Å². The molecule has 0 bridgehead atoms. The smallest absolute Gasteiger partial charge is 0.173 e. The van der Waals surface area contributed by atoms with E-state index in [9.17, 15) is 19.4 Å². The maximum atomic E-state index is 13.2. The number of hydrogen-bond acceptors (Lipinski definition) is 6. The van der Waals surface area contributed by atoms with Gasteiger partial charge in [-0.3, -0.25) is 4.79 Å². The number of nitrogens with zero attached hydrogens (tertiary/aromatic N) is 2. The fourth-order valence-electron chi connectivity index (χ4n) is 2.92. The van der Waals surface area contributed by atoms with Gasteiger partial charge in [0.25, 0.3) is 0 Å². The second kappa shape index (κ2) is 7.89. The summed E-state index contributed by atoms with van der Waals surface area (Å²) in [6.45, 7) is 0. The van der Waals surface area contributed by atoms with Crippen molar-refractivity contribution < 1.29 is 19.4 Å². The van der Waals surface area contributed by atoms with E-state index < -0.39 is 0 Å². The van der Waals surface area contributed by atoms with Gasteiger partial charge in [0.2, 0.25) is 0 Å². The van der Waals surface area contributed by atoms with Gasteiger partial charge in [0, 0.05) is 21.9 Å². The SMILES string of the molecule is O=C(CSc1nnc(-c2ccc(F)cc2)c2ccccc12)c1ccc(O)c(O)c1. The van der Waals surface area contributed by atoms with Crippen molar-refractivity contribution in [3.63, 3.8) is 0 Å². The van der Waals surface area contributed by atoms with Crippen LogP contribution >= 0.6 is 11.8 Å². The average molecular weight is 406 g/mol. The maximum absolute atomic E-state index is 13.2. The second-order valence-electron chi connectivity index (χ2n) is 6.32. The molecule has 1 heterocycles. The lowest BCUT2D eigenvalue weighted by Gasteiger charge is -2.09. The van der Waals surface area contributed by atoms with Crippen LogP contribution in [0.15, 0.2) is 71.8 Å². The average Bonchev–Trinajstić information content (AvgIpc) is 2.74. The molecule has 0 spiro atoms. The standard InChI is InChI=1S/C22H15FN2O3S/c23-15-8-5-13(6-9-15)21-16-3-1-2-4-17(16)22(25-24-21)29-12-20(28)14-7-10-18(26)19(27)11-14/h1-11,26-27H,12H2. The molecule has 3 aromatic carbocycles. The highest BCUT2D eigenvalue weighted by Crippen LogP contribution is 2.32. The van der Waals surface area contributed by atoms with Gasteiger partial charge < -0.3 is 10.2 Å². The molecule has 0 saturated carbocycles. The van der Waals surface area contributed by atoms with Crippen LogP contribution in [-0.2, 0) is 0 Å². The van der Waals surface area contributed by atoms with Crippen molar-refractivity contribution in [1.82, 2.24) is 10.2 Å². The minimum atomic E-state index is -0.338. The van der Waals surface area contributed by atoms with E-state index >= 15 is 0 Å². The number of ketones is 1. The molecule has 0 unspecified atom stereocenters. The Kier molecular flexibility index (Phi) is 5.14. The molecule has 0 atom stereocenters. The van der Waals surface area contributed by atoms with E-state index in [1.807, 2.05) is 24.3 Å². The molecule has 5 nitrogen and oxygen atoms in total. The third-order valence-corrected chi connectivity index (χ3v) is 5.39. The molecule has 0 aliphatic heterocycles. The highest BCUT2D eigenvalue weighted by atomic mass is 32.2. The minimum absolute atomic E-state index is 0.0960. The van der Waals surface area contributed by atoms with Crippen LogP contribution in [0.2, 0.25) is 0 Å². The van der Waals surface area contributed by atoms with Gasteiger partial charge >= 0.3 is 0 Å². The van der Waals surface area contributed by atoms with Crippen molar-refractivity contribution in [3.05, 3.63) is 78.1 Å². The Hall–Kier alpha value is -3.45. The summed E-state index contributed by atoms with van der Waals surface area (Å²) in [5.74, 6) is -1.05. The molecule has 7 heteroatoms. The number of Topliss-reactive ketones (excluding diaryl/α,β-unsaturated/α-hetero) is 1. The Morgan fingerprint density at radius 1 is 0.897 bits per heavy atom. The van der Waals surface area contributed by atoms with Gasteiger partial charge in [-0.1, -0.05) is 36.0 Å². The zero-order valence-electron chi connectivity index (χ0n) is 15.0. The molecule has 0 fully saturated rings. The summed E-state index contributed by atoms with van der Waals surface area (Å²) in [4.78, 5) is 12.4. The first-order chi connectivity index (χ1) is 14.0. The topological polar surface area (TPSA) is 83.3 Å². The summed E-state index contributed by atoms with van der Waals surface area (Å²) >= 11 is 1.24. The first-order valence-electron chi connectivity index (χ1n) is 8.72. The summed E-state index contributed by atoms with van der Waals surface area (Å²) in [5.41, 5.74) is 1.69. The predicted octanol–water partition coefficient (Wildman–Crippen LogP) is 4.82. The Labute approximate surface area is 169 Å². The number of rotatable bonds is 5. The maximum Gasteiger partial charge on any atom is 0.173 e. The fraction of sp³-hybridized carbons (Fsp3) is 0.0455. The van der Waals surface area contributed by atoms with Crippen molar-refractivity contribution in [1.29, 1.82) is 0 Å². The number of benzene rings is 3. The van der Waals surface area contributed by atoms with Gasteiger partial charge in [-0.15, -0.1) is 10.2 Å². The third-order valence-electron chi connectivity index (χ3n) is 4.41. The predicted molar refractivity (Wildman–Crippen MR) is 110 cm³/mol. The Bertz CT molecular complexity index is 1210. The molecule has 2 N–H and O–H groups in total. The molecule has 29 heavy (non-hydrogen) atoms. The highest BCUT2D eigenvalue weighted by Gasteiger charge is 2.14.